The number of nitrogens with zero attached hydrogens (tertiary/aromatic N) is 1. The van der Waals surface area contributed by atoms with E-state index in [1.54, 1.807) is 6.92 Å². The molecule has 1 aliphatic rings. The summed E-state index contributed by atoms with van der Waals surface area (Å²) >= 11 is 0. The van der Waals surface area contributed by atoms with Crippen LogP contribution in [0.2, 0.25) is 0 Å². The van der Waals surface area contributed by atoms with Gasteiger partial charge in [-0.05, 0) is 32.3 Å². The number of aliphatic hydroxyl groups is 1. The monoisotopic (exact) mass is 291 g/mol. The number of likely N-dealkylation sites (tertiary alicyclic amines) is 1. The predicted octanol–water partition coefficient (Wildman–Crippen LogP) is 2.53. The molecule has 1 unspecified atom stereocenters. The Hall–Kier alpha value is -1.39. The number of ether oxygens (including phenoxy) is 1. The molecule has 0 saturated carbocycles. The van der Waals surface area contributed by atoms with E-state index >= 15 is 0 Å². The second-order valence-corrected chi connectivity index (χ2v) is 5.83. The maximum Gasteiger partial charge on any atom is 0.308 e. The Bertz CT molecular complexity index is 452. The van der Waals surface area contributed by atoms with Crippen molar-refractivity contribution in [1.29, 1.82) is 0 Å². The molecule has 0 bridgehead atoms. The van der Waals surface area contributed by atoms with E-state index in [4.69, 9.17) is 4.74 Å². The lowest BCUT2D eigenvalue weighted by Gasteiger charge is -2.40. The number of hydrogen-bond acceptors (Lipinski definition) is 4. The second-order valence-electron chi connectivity index (χ2n) is 5.83. The van der Waals surface area contributed by atoms with Crippen molar-refractivity contribution in [1.82, 2.24) is 4.90 Å². The lowest BCUT2D eigenvalue weighted by molar-refractivity contribution is -0.150. The zero-order valence-electron chi connectivity index (χ0n) is 12.9. The van der Waals surface area contributed by atoms with Gasteiger partial charge in [0, 0.05) is 19.1 Å². The van der Waals surface area contributed by atoms with Crippen molar-refractivity contribution in [3.8, 4) is 0 Å². The summed E-state index contributed by atoms with van der Waals surface area (Å²) in [5.41, 5.74) is 0.382. The predicted molar refractivity (Wildman–Crippen MR) is 81.9 cm³/mol. The smallest absolute Gasteiger partial charge is 0.308 e. The fourth-order valence-corrected chi connectivity index (χ4v) is 2.93. The van der Waals surface area contributed by atoms with Crippen LogP contribution in [0.15, 0.2) is 30.3 Å². The molecule has 1 saturated heterocycles. The molecule has 1 heterocycles. The van der Waals surface area contributed by atoms with Gasteiger partial charge in [0.15, 0.2) is 0 Å². The van der Waals surface area contributed by atoms with Crippen molar-refractivity contribution >= 4 is 5.97 Å². The van der Waals surface area contributed by atoms with Gasteiger partial charge in [0.05, 0.1) is 18.6 Å². The lowest BCUT2D eigenvalue weighted by Crippen LogP contribution is -2.46. The summed E-state index contributed by atoms with van der Waals surface area (Å²) in [5.74, 6) is -0.301. The van der Waals surface area contributed by atoms with Crippen molar-refractivity contribution in [2.24, 2.45) is 0 Å². The van der Waals surface area contributed by atoms with Crippen LogP contribution in [0.25, 0.3) is 0 Å². The van der Waals surface area contributed by atoms with E-state index in [1.807, 2.05) is 18.2 Å². The fourth-order valence-electron chi connectivity index (χ4n) is 2.93. The molecule has 0 spiro atoms. The molecule has 1 aromatic rings. The van der Waals surface area contributed by atoms with E-state index in [9.17, 15) is 9.90 Å². The van der Waals surface area contributed by atoms with Crippen molar-refractivity contribution in [2.75, 3.05) is 19.7 Å². The zero-order chi connectivity index (χ0) is 15.3. The van der Waals surface area contributed by atoms with Crippen LogP contribution in [0.3, 0.4) is 0 Å². The number of hydrogen-bond donors (Lipinski definition) is 1. The minimum Gasteiger partial charge on any atom is -0.466 e. The van der Waals surface area contributed by atoms with Crippen LogP contribution in [0.5, 0.6) is 0 Å². The second kappa shape index (κ2) is 7.05. The van der Waals surface area contributed by atoms with Gasteiger partial charge in [-0.2, -0.15) is 0 Å². The summed E-state index contributed by atoms with van der Waals surface area (Å²) in [6.07, 6.45) is 1.33. The SMILES string of the molecule is CCOC(=O)CC1(O)CCN(C(C)c2ccccc2)CC1. The summed E-state index contributed by atoms with van der Waals surface area (Å²) in [6, 6.07) is 10.7. The van der Waals surface area contributed by atoms with Gasteiger partial charge < -0.3 is 9.84 Å². The third-order valence-corrected chi connectivity index (χ3v) is 4.34. The molecule has 21 heavy (non-hydrogen) atoms. The van der Waals surface area contributed by atoms with Gasteiger partial charge in [0.1, 0.15) is 0 Å². The topological polar surface area (TPSA) is 49.8 Å². The Morgan fingerprint density at radius 2 is 1.95 bits per heavy atom. The number of esters is 1. The number of benzene rings is 1. The fraction of sp³-hybridized carbons (Fsp3) is 0.588. The number of carbonyl (C=O) groups excluding carboxylic acids is 1. The highest BCUT2D eigenvalue weighted by atomic mass is 16.5. The quantitative estimate of drug-likeness (QED) is 0.847. The van der Waals surface area contributed by atoms with E-state index in [-0.39, 0.29) is 12.4 Å². The standard InChI is InChI=1S/C17H25NO3/c1-3-21-16(19)13-17(20)9-11-18(12-10-17)14(2)15-7-5-4-6-8-15/h4-8,14,20H,3,9-13H2,1-2H3. The van der Waals surface area contributed by atoms with E-state index in [0.29, 0.717) is 25.5 Å². The van der Waals surface area contributed by atoms with Gasteiger partial charge in [-0.25, -0.2) is 0 Å². The molecule has 1 aliphatic heterocycles. The number of rotatable bonds is 5. The molecule has 0 radical (unpaired) electrons. The summed E-state index contributed by atoms with van der Waals surface area (Å²) in [6.45, 7) is 5.93. The summed E-state index contributed by atoms with van der Waals surface area (Å²) in [7, 11) is 0. The molecule has 4 nitrogen and oxygen atoms in total. The third kappa shape index (κ3) is 4.29. The Labute approximate surface area is 126 Å². The molecule has 1 aromatic carbocycles. The largest absolute Gasteiger partial charge is 0.466 e. The van der Waals surface area contributed by atoms with E-state index in [2.05, 4.69) is 24.0 Å². The van der Waals surface area contributed by atoms with E-state index < -0.39 is 5.60 Å². The summed E-state index contributed by atoms with van der Waals surface area (Å²) < 4.78 is 4.94. The number of piperidine rings is 1. The Kier molecular flexibility index (Phi) is 5.37. The average Bonchev–Trinajstić information content (AvgIpc) is 2.48. The summed E-state index contributed by atoms with van der Waals surface area (Å²) in [4.78, 5) is 13.9. The first-order valence-corrected chi connectivity index (χ1v) is 7.71. The molecular formula is C17H25NO3. The van der Waals surface area contributed by atoms with Crippen molar-refractivity contribution in [2.45, 2.75) is 44.8 Å². The van der Waals surface area contributed by atoms with E-state index in [0.717, 1.165) is 13.1 Å². The Morgan fingerprint density at radius 1 is 1.33 bits per heavy atom. The third-order valence-electron chi connectivity index (χ3n) is 4.34. The van der Waals surface area contributed by atoms with Gasteiger partial charge >= 0.3 is 5.97 Å². The van der Waals surface area contributed by atoms with Crippen LogP contribution in [0.4, 0.5) is 0 Å². The molecular weight excluding hydrogens is 266 g/mol. The molecule has 116 valence electrons. The zero-order valence-corrected chi connectivity index (χ0v) is 12.9. The average molecular weight is 291 g/mol. The Morgan fingerprint density at radius 3 is 2.52 bits per heavy atom. The highest BCUT2D eigenvalue weighted by molar-refractivity contribution is 5.70. The van der Waals surface area contributed by atoms with Crippen molar-refractivity contribution < 1.29 is 14.6 Å². The first kappa shape index (κ1) is 16.0. The maximum atomic E-state index is 11.6. The van der Waals surface area contributed by atoms with Crippen LogP contribution in [0.1, 0.15) is 44.7 Å². The highest BCUT2D eigenvalue weighted by Gasteiger charge is 2.36. The molecule has 1 fully saturated rings. The van der Waals surface area contributed by atoms with Crippen LogP contribution >= 0.6 is 0 Å². The molecule has 2 rings (SSSR count). The molecule has 0 aliphatic carbocycles. The Balaban J connectivity index is 1.89. The molecule has 0 amide bonds. The lowest BCUT2D eigenvalue weighted by atomic mass is 9.87. The molecule has 0 aromatic heterocycles. The minimum absolute atomic E-state index is 0.106. The van der Waals surface area contributed by atoms with Gasteiger partial charge in [-0.1, -0.05) is 30.3 Å². The highest BCUT2D eigenvalue weighted by Crippen LogP contribution is 2.31. The van der Waals surface area contributed by atoms with E-state index in [1.165, 1.54) is 5.56 Å². The normalized spacial score (nSPS) is 20.0. The van der Waals surface area contributed by atoms with Crippen LogP contribution in [0, 0.1) is 0 Å². The molecule has 4 heteroatoms. The van der Waals surface area contributed by atoms with Gasteiger partial charge in [0.2, 0.25) is 0 Å². The van der Waals surface area contributed by atoms with Crippen LogP contribution in [-0.4, -0.2) is 41.3 Å². The van der Waals surface area contributed by atoms with Gasteiger partial charge in [-0.3, -0.25) is 9.69 Å². The van der Waals surface area contributed by atoms with Crippen molar-refractivity contribution in [3.63, 3.8) is 0 Å². The first-order valence-electron chi connectivity index (χ1n) is 7.71. The van der Waals surface area contributed by atoms with Crippen molar-refractivity contribution in [3.05, 3.63) is 35.9 Å². The minimum atomic E-state index is -0.904. The molecule has 1 N–H and O–H groups in total. The maximum absolute atomic E-state index is 11.6. The van der Waals surface area contributed by atoms with Gasteiger partial charge in [0.25, 0.3) is 0 Å². The van der Waals surface area contributed by atoms with Crippen LogP contribution in [-0.2, 0) is 9.53 Å². The first-order chi connectivity index (χ1) is 10.0. The van der Waals surface area contributed by atoms with Gasteiger partial charge in [-0.15, -0.1) is 0 Å². The number of carbonyl (C=O) groups is 1. The van der Waals surface area contributed by atoms with Crippen LogP contribution < -0.4 is 0 Å². The summed E-state index contributed by atoms with van der Waals surface area (Å²) in [5, 5.41) is 10.5. The molecule has 1 atom stereocenters.